The molecular formula is C17H13N3O4S. The predicted octanol–water partition coefficient (Wildman–Crippen LogP) is 1.12. The van der Waals surface area contributed by atoms with Crippen molar-refractivity contribution in [2.45, 2.75) is 6.67 Å². The Bertz CT molecular complexity index is 1110. The molecule has 0 bridgehead atoms. The maximum atomic E-state index is 12.7. The van der Waals surface area contributed by atoms with Gasteiger partial charge in [-0.1, -0.05) is 11.3 Å². The summed E-state index contributed by atoms with van der Waals surface area (Å²) in [5, 5.41) is 0. The first kappa shape index (κ1) is 14.4. The van der Waals surface area contributed by atoms with E-state index < -0.39 is 0 Å². The largest absolute Gasteiger partial charge is 0.465 e. The van der Waals surface area contributed by atoms with E-state index in [1.165, 1.54) is 11.3 Å². The molecule has 2 aromatic heterocycles. The highest BCUT2D eigenvalue weighted by Gasteiger charge is 2.19. The van der Waals surface area contributed by atoms with Gasteiger partial charge < -0.3 is 18.8 Å². The van der Waals surface area contributed by atoms with Gasteiger partial charge in [0, 0.05) is 17.8 Å². The molecular weight excluding hydrogens is 342 g/mol. The number of furan rings is 1. The topological polar surface area (TPSA) is 69.2 Å². The Kier molecular flexibility index (Phi) is 3.17. The number of thiazole rings is 1. The van der Waals surface area contributed by atoms with Gasteiger partial charge in [-0.2, -0.15) is 0 Å². The van der Waals surface area contributed by atoms with Gasteiger partial charge in [0.15, 0.2) is 16.3 Å². The summed E-state index contributed by atoms with van der Waals surface area (Å²) in [6.45, 7) is 1.17. The van der Waals surface area contributed by atoms with Crippen LogP contribution in [-0.2, 0) is 6.67 Å². The molecule has 5 rings (SSSR count). The van der Waals surface area contributed by atoms with Crippen molar-refractivity contribution in [3.05, 3.63) is 62.0 Å². The van der Waals surface area contributed by atoms with E-state index in [-0.39, 0.29) is 12.4 Å². The Hall–Kier alpha value is -3.00. The van der Waals surface area contributed by atoms with Crippen LogP contribution in [-0.4, -0.2) is 18.0 Å². The maximum absolute atomic E-state index is 12.7. The van der Waals surface area contributed by atoms with Crippen LogP contribution >= 0.6 is 11.3 Å². The first-order chi connectivity index (χ1) is 12.3. The second-order valence-corrected chi connectivity index (χ2v) is 6.67. The van der Waals surface area contributed by atoms with Crippen molar-refractivity contribution < 1.29 is 13.9 Å². The van der Waals surface area contributed by atoms with Gasteiger partial charge in [-0.3, -0.25) is 9.36 Å². The number of anilines is 1. The highest BCUT2D eigenvalue weighted by molar-refractivity contribution is 7.07. The van der Waals surface area contributed by atoms with E-state index in [9.17, 15) is 4.79 Å². The Balaban J connectivity index is 1.51. The van der Waals surface area contributed by atoms with Crippen LogP contribution in [0, 0.1) is 0 Å². The van der Waals surface area contributed by atoms with Gasteiger partial charge in [-0.25, -0.2) is 4.99 Å². The van der Waals surface area contributed by atoms with E-state index in [1.54, 1.807) is 23.0 Å². The normalized spacial score (nSPS) is 16.0. The first-order valence-corrected chi connectivity index (χ1v) is 8.53. The van der Waals surface area contributed by atoms with E-state index in [4.69, 9.17) is 13.9 Å². The van der Waals surface area contributed by atoms with Gasteiger partial charge in [0.2, 0.25) is 6.79 Å². The monoisotopic (exact) mass is 355 g/mol. The lowest BCUT2D eigenvalue weighted by atomic mass is 10.2. The molecule has 8 heteroatoms. The molecule has 0 atom stereocenters. The molecule has 0 fully saturated rings. The quantitative estimate of drug-likeness (QED) is 0.689. The Morgan fingerprint density at radius 1 is 1.20 bits per heavy atom. The summed E-state index contributed by atoms with van der Waals surface area (Å²) in [4.78, 5) is 19.9. The van der Waals surface area contributed by atoms with Gasteiger partial charge in [-0.05, 0) is 24.3 Å². The summed E-state index contributed by atoms with van der Waals surface area (Å²) >= 11 is 1.37. The summed E-state index contributed by atoms with van der Waals surface area (Å²) < 4.78 is 18.3. The molecule has 4 heterocycles. The Morgan fingerprint density at radius 3 is 3.00 bits per heavy atom. The van der Waals surface area contributed by atoms with Crippen LogP contribution in [0.5, 0.6) is 11.5 Å². The molecule has 0 saturated carbocycles. The van der Waals surface area contributed by atoms with Crippen molar-refractivity contribution >= 4 is 23.1 Å². The van der Waals surface area contributed by atoms with Gasteiger partial charge >= 0.3 is 0 Å². The van der Waals surface area contributed by atoms with E-state index in [0.29, 0.717) is 29.4 Å². The standard InChI is InChI=1S/C17H13N3O4S/c21-16-15(7-12-2-1-5-22-12)25-17-18-8-19(9-20(16)17)11-3-4-13-14(6-11)24-10-23-13/h1-7H,8-10H2. The maximum Gasteiger partial charge on any atom is 0.271 e. The molecule has 25 heavy (non-hydrogen) atoms. The molecule has 0 radical (unpaired) electrons. The third kappa shape index (κ3) is 2.42. The lowest BCUT2D eigenvalue weighted by molar-refractivity contribution is 0.174. The molecule has 2 aliphatic heterocycles. The van der Waals surface area contributed by atoms with Crippen LogP contribution < -0.4 is 29.3 Å². The smallest absolute Gasteiger partial charge is 0.271 e. The van der Waals surface area contributed by atoms with Crippen molar-refractivity contribution in [2.75, 3.05) is 18.4 Å². The van der Waals surface area contributed by atoms with Gasteiger partial charge in [-0.15, -0.1) is 0 Å². The summed E-state index contributed by atoms with van der Waals surface area (Å²) in [5.74, 6) is 2.11. The zero-order valence-electron chi connectivity index (χ0n) is 13.0. The van der Waals surface area contributed by atoms with E-state index >= 15 is 0 Å². The molecule has 0 spiro atoms. The average Bonchev–Trinajstić information content (AvgIpc) is 3.36. The Morgan fingerprint density at radius 2 is 2.12 bits per heavy atom. The fraction of sp³-hybridized carbons (Fsp3) is 0.176. The zero-order valence-corrected chi connectivity index (χ0v) is 13.9. The number of fused-ring (bicyclic) bond motifs is 2. The highest BCUT2D eigenvalue weighted by atomic mass is 32.1. The second-order valence-electron chi connectivity index (χ2n) is 5.66. The summed E-state index contributed by atoms with van der Waals surface area (Å²) in [6, 6.07) is 9.35. The fourth-order valence-electron chi connectivity index (χ4n) is 2.86. The third-order valence-electron chi connectivity index (χ3n) is 4.11. The minimum absolute atomic E-state index is 0.0643. The summed E-state index contributed by atoms with van der Waals surface area (Å²) in [7, 11) is 0. The molecule has 0 N–H and O–H groups in total. The number of benzene rings is 1. The molecule has 0 saturated heterocycles. The molecule has 7 nitrogen and oxygen atoms in total. The summed E-state index contributed by atoms with van der Waals surface area (Å²) in [6.07, 6.45) is 3.33. The van der Waals surface area contributed by atoms with E-state index in [1.807, 2.05) is 29.2 Å². The number of nitrogens with zero attached hydrogens (tertiary/aromatic N) is 3. The lowest BCUT2D eigenvalue weighted by Gasteiger charge is -2.25. The minimum Gasteiger partial charge on any atom is -0.465 e. The number of hydrogen-bond donors (Lipinski definition) is 0. The van der Waals surface area contributed by atoms with Crippen molar-refractivity contribution in [1.82, 2.24) is 4.57 Å². The Labute approximate surface area is 145 Å². The van der Waals surface area contributed by atoms with Crippen molar-refractivity contribution in [3.63, 3.8) is 0 Å². The summed E-state index contributed by atoms with van der Waals surface area (Å²) in [5.41, 5.74) is 0.874. The van der Waals surface area contributed by atoms with Gasteiger partial charge in [0.1, 0.15) is 19.1 Å². The van der Waals surface area contributed by atoms with Crippen LogP contribution in [0.2, 0.25) is 0 Å². The van der Waals surface area contributed by atoms with Crippen molar-refractivity contribution in [2.24, 2.45) is 4.99 Å². The molecule has 0 aliphatic carbocycles. The van der Waals surface area contributed by atoms with Crippen LogP contribution in [0.3, 0.4) is 0 Å². The molecule has 0 amide bonds. The number of ether oxygens (including phenoxy) is 2. The highest BCUT2D eigenvalue weighted by Crippen LogP contribution is 2.35. The third-order valence-corrected chi connectivity index (χ3v) is 5.16. The van der Waals surface area contributed by atoms with Crippen LogP contribution in [0.15, 0.2) is 50.8 Å². The van der Waals surface area contributed by atoms with E-state index in [0.717, 1.165) is 16.2 Å². The van der Waals surface area contributed by atoms with Crippen molar-refractivity contribution in [3.8, 4) is 11.5 Å². The minimum atomic E-state index is -0.0643. The molecule has 126 valence electrons. The first-order valence-electron chi connectivity index (χ1n) is 7.72. The number of hydrogen-bond acceptors (Lipinski definition) is 7. The molecule has 3 aromatic rings. The average molecular weight is 355 g/mol. The zero-order chi connectivity index (χ0) is 16.8. The predicted molar refractivity (Wildman–Crippen MR) is 91.5 cm³/mol. The van der Waals surface area contributed by atoms with Crippen LogP contribution in [0.4, 0.5) is 5.69 Å². The van der Waals surface area contributed by atoms with Gasteiger partial charge in [0.25, 0.3) is 5.56 Å². The second kappa shape index (κ2) is 5.52. The SMILES string of the molecule is O=c1c(=Cc2ccco2)sc2n1CN(c1ccc3c(c1)OCO3)CN=2. The number of rotatable bonds is 2. The van der Waals surface area contributed by atoms with Crippen LogP contribution in [0.1, 0.15) is 5.76 Å². The van der Waals surface area contributed by atoms with Gasteiger partial charge in [0.05, 0.1) is 10.8 Å². The van der Waals surface area contributed by atoms with E-state index in [2.05, 4.69) is 4.99 Å². The molecule has 0 unspecified atom stereocenters. The molecule has 2 aliphatic rings. The molecule has 1 aromatic carbocycles. The lowest BCUT2D eigenvalue weighted by Crippen LogP contribution is -2.42. The number of aromatic nitrogens is 1. The van der Waals surface area contributed by atoms with Crippen molar-refractivity contribution in [1.29, 1.82) is 0 Å². The fourth-order valence-corrected chi connectivity index (χ4v) is 3.80. The van der Waals surface area contributed by atoms with Crippen LogP contribution in [0.25, 0.3) is 6.08 Å².